The summed E-state index contributed by atoms with van der Waals surface area (Å²) in [5.41, 5.74) is 5.75. The van der Waals surface area contributed by atoms with Crippen molar-refractivity contribution < 1.29 is 9.59 Å². The van der Waals surface area contributed by atoms with E-state index in [-0.39, 0.29) is 24.2 Å². The second-order valence-electron chi connectivity index (χ2n) is 11.4. The molecule has 3 aromatic rings. The van der Waals surface area contributed by atoms with Gasteiger partial charge in [0.2, 0.25) is 5.91 Å². The van der Waals surface area contributed by atoms with Gasteiger partial charge in [-0.3, -0.25) is 9.59 Å². The number of Topliss-reactive ketones (excluding diaryl/α,β-unsaturated/α-hetero) is 1. The topological polar surface area (TPSA) is 54.3 Å². The first kappa shape index (κ1) is 34.1. The summed E-state index contributed by atoms with van der Waals surface area (Å²) in [6.45, 7) is 16.3. The van der Waals surface area contributed by atoms with Crippen LogP contribution in [0.5, 0.6) is 0 Å². The van der Waals surface area contributed by atoms with Gasteiger partial charge in [0.05, 0.1) is 6.42 Å². The summed E-state index contributed by atoms with van der Waals surface area (Å²) in [6, 6.07) is 13.4. The minimum Gasteiger partial charge on any atom is -0.352 e. The molecule has 0 spiro atoms. The number of halogens is 2. The van der Waals surface area contributed by atoms with Gasteiger partial charge in [-0.05, 0) is 77.0 Å². The molecule has 3 rings (SSSR count). The first-order chi connectivity index (χ1) is 20.5. The monoisotopic (exact) mass is 619 g/mol. The molecular formula is C36H43Cl2N3O2. The van der Waals surface area contributed by atoms with Crippen molar-refractivity contribution in [3.05, 3.63) is 118 Å². The van der Waals surface area contributed by atoms with Crippen molar-refractivity contribution in [2.24, 2.45) is 0 Å². The Kier molecular flexibility index (Phi) is 13.1. The number of para-hydroxylation sites is 1. The highest BCUT2D eigenvalue weighted by Gasteiger charge is 2.16. The lowest BCUT2D eigenvalue weighted by atomic mass is 9.99. The van der Waals surface area contributed by atoms with Crippen LogP contribution in [-0.2, 0) is 17.8 Å². The number of fused-ring (bicyclic) bond motifs is 1. The van der Waals surface area contributed by atoms with Crippen LogP contribution < -0.4 is 5.32 Å². The Morgan fingerprint density at radius 1 is 1.12 bits per heavy atom. The van der Waals surface area contributed by atoms with Crippen molar-refractivity contribution in [3.8, 4) is 0 Å². The third-order valence-corrected chi connectivity index (χ3v) is 7.92. The van der Waals surface area contributed by atoms with Gasteiger partial charge in [-0.15, -0.1) is 0 Å². The molecule has 0 saturated carbocycles. The third kappa shape index (κ3) is 10.7. The summed E-state index contributed by atoms with van der Waals surface area (Å²) >= 11 is 12.1. The van der Waals surface area contributed by atoms with Crippen LogP contribution in [0, 0.1) is 0 Å². The Hall–Kier alpha value is -3.38. The quantitative estimate of drug-likeness (QED) is 0.0991. The fourth-order valence-corrected chi connectivity index (χ4v) is 5.72. The zero-order valence-electron chi connectivity index (χ0n) is 25.8. The van der Waals surface area contributed by atoms with Crippen LogP contribution in [0.2, 0.25) is 10.0 Å². The number of ketones is 1. The molecule has 1 N–H and O–H groups in total. The standard InChI is InChI=1S/C36H43Cl2N3O2/c1-7-11-25(2)16-27(4)23-39-36(43)21-30-24-41(34-13-9-8-12-33(30)34)15-10-14-40(6)28(5)17-26(3)18-35(42)29-19-31(37)22-32(38)20-29/h7-9,11-13,16,19-20,22,24,28H,1,3,10,14-15,17-18,21,23H2,2,4-6H3,(H,39,43)/b25-11-,27-16+/t28-/m1/s1. The largest absolute Gasteiger partial charge is 0.352 e. The molecule has 0 saturated heterocycles. The number of nitrogens with zero attached hydrogens (tertiary/aromatic N) is 2. The van der Waals surface area contributed by atoms with E-state index in [9.17, 15) is 9.59 Å². The lowest BCUT2D eigenvalue weighted by Crippen LogP contribution is -2.31. The molecule has 0 aliphatic carbocycles. The number of amides is 1. The van der Waals surface area contributed by atoms with Gasteiger partial charge in [-0.2, -0.15) is 0 Å². The second kappa shape index (κ2) is 16.5. The fourth-order valence-electron chi connectivity index (χ4n) is 5.20. The zero-order valence-corrected chi connectivity index (χ0v) is 27.3. The van der Waals surface area contributed by atoms with Crippen LogP contribution in [0.4, 0.5) is 0 Å². The number of rotatable bonds is 16. The summed E-state index contributed by atoms with van der Waals surface area (Å²) in [5, 5.41) is 5.06. The second-order valence-corrected chi connectivity index (χ2v) is 12.2. The maximum Gasteiger partial charge on any atom is 0.224 e. The maximum absolute atomic E-state index is 12.8. The normalized spacial score (nSPS) is 12.9. The fraction of sp³-hybridized carbons (Fsp3) is 0.333. The number of hydrogen-bond acceptors (Lipinski definition) is 3. The average Bonchev–Trinajstić information content (AvgIpc) is 3.28. The molecule has 0 unspecified atom stereocenters. The van der Waals surface area contributed by atoms with Crippen LogP contribution in [0.15, 0.2) is 96.8 Å². The molecule has 1 amide bonds. The minimum atomic E-state index is -0.0319. The Morgan fingerprint density at radius 3 is 2.51 bits per heavy atom. The number of nitrogens with one attached hydrogen (secondary N) is 1. The Labute approximate surface area is 266 Å². The highest BCUT2D eigenvalue weighted by Crippen LogP contribution is 2.24. The lowest BCUT2D eigenvalue weighted by Gasteiger charge is -2.25. The number of carbonyl (C=O) groups is 2. The van der Waals surface area contributed by atoms with Crippen molar-refractivity contribution >= 4 is 45.8 Å². The van der Waals surface area contributed by atoms with Crippen molar-refractivity contribution in [2.45, 2.75) is 59.0 Å². The van der Waals surface area contributed by atoms with Crippen LogP contribution in [0.1, 0.15) is 56.0 Å². The summed E-state index contributed by atoms with van der Waals surface area (Å²) in [7, 11) is 2.10. The minimum absolute atomic E-state index is 0.00624. The van der Waals surface area contributed by atoms with Gasteiger partial charge in [-0.25, -0.2) is 0 Å². The summed E-state index contributed by atoms with van der Waals surface area (Å²) in [6.07, 6.45) is 10.1. The van der Waals surface area contributed by atoms with Crippen LogP contribution >= 0.6 is 23.2 Å². The third-order valence-electron chi connectivity index (χ3n) is 7.48. The van der Waals surface area contributed by atoms with E-state index in [1.54, 1.807) is 24.3 Å². The highest BCUT2D eigenvalue weighted by atomic mass is 35.5. The predicted octanol–water partition coefficient (Wildman–Crippen LogP) is 8.62. The molecule has 1 atom stereocenters. The van der Waals surface area contributed by atoms with E-state index in [2.05, 4.69) is 66.3 Å². The van der Waals surface area contributed by atoms with Gasteiger partial charge in [0, 0.05) is 58.3 Å². The number of aromatic nitrogens is 1. The molecule has 43 heavy (non-hydrogen) atoms. The molecule has 0 bridgehead atoms. The van der Waals surface area contributed by atoms with Crippen molar-refractivity contribution in [1.29, 1.82) is 0 Å². The van der Waals surface area contributed by atoms with E-state index in [0.29, 0.717) is 28.6 Å². The molecule has 0 aliphatic rings. The number of benzene rings is 2. The van der Waals surface area contributed by atoms with E-state index in [1.807, 2.05) is 32.1 Å². The first-order valence-corrected chi connectivity index (χ1v) is 15.4. The maximum atomic E-state index is 12.8. The van der Waals surface area contributed by atoms with E-state index < -0.39 is 0 Å². The van der Waals surface area contributed by atoms with Crippen molar-refractivity contribution in [1.82, 2.24) is 14.8 Å². The molecule has 228 valence electrons. The number of carbonyl (C=O) groups excluding carboxylic acids is 2. The van der Waals surface area contributed by atoms with Gasteiger partial charge in [0.1, 0.15) is 0 Å². The van der Waals surface area contributed by atoms with Gasteiger partial charge < -0.3 is 14.8 Å². The highest BCUT2D eigenvalue weighted by molar-refractivity contribution is 6.35. The Bertz CT molecular complexity index is 1510. The van der Waals surface area contributed by atoms with E-state index in [4.69, 9.17) is 23.2 Å². The molecule has 1 heterocycles. The summed E-state index contributed by atoms with van der Waals surface area (Å²) in [5.74, 6) is -0.0256. The molecule has 2 aromatic carbocycles. The van der Waals surface area contributed by atoms with Gasteiger partial charge in [-0.1, -0.05) is 89.5 Å². The van der Waals surface area contributed by atoms with Crippen LogP contribution in [0.25, 0.3) is 10.9 Å². The van der Waals surface area contributed by atoms with Crippen LogP contribution in [0.3, 0.4) is 0 Å². The van der Waals surface area contributed by atoms with Crippen molar-refractivity contribution in [2.75, 3.05) is 20.1 Å². The number of allylic oxidation sites excluding steroid dienone is 4. The molecule has 0 radical (unpaired) electrons. The summed E-state index contributed by atoms with van der Waals surface area (Å²) in [4.78, 5) is 27.8. The summed E-state index contributed by atoms with van der Waals surface area (Å²) < 4.78 is 2.25. The predicted molar refractivity (Wildman–Crippen MR) is 182 cm³/mol. The van der Waals surface area contributed by atoms with Gasteiger partial charge in [0.25, 0.3) is 0 Å². The van der Waals surface area contributed by atoms with Crippen molar-refractivity contribution in [3.63, 3.8) is 0 Å². The SMILES string of the molecule is C=C/C=C(C)\C=C(/C)CNC(=O)Cc1cn(CCCN(C)[C@H](C)CC(=C)CC(=O)c2cc(Cl)cc(Cl)c2)c2ccccc12. The number of hydrogen-bond donors (Lipinski definition) is 1. The lowest BCUT2D eigenvalue weighted by molar-refractivity contribution is -0.120. The smallest absolute Gasteiger partial charge is 0.224 e. The molecule has 0 fully saturated rings. The van der Waals surface area contributed by atoms with Gasteiger partial charge in [0.15, 0.2) is 5.78 Å². The zero-order chi connectivity index (χ0) is 31.5. The molecule has 0 aliphatic heterocycles. The van der Waals surface area contributed by atoms with E-state index in [0.717, 1.165) is 59.1 Å². The first-order valence-electron chi connectivity index (χ1n) is 14.6. The van der Waals surface area contributed by atoms with Gasteiger partial charge >= 0.3 is 0 Å². The van der Waals surface area contributed by atoms with E-state index >= 15 is 0 Å². The molecule has 7 heteroatoms. The Morgan fingerprint density at radius 2 is 1.81 bits per heavy atom. The van der Waals surface area contributed by atoms with Crippen LogP contribution in [-0.4, -0.2) is 47.3 Å². The Balaban J connectivity index is 1.52. The number of aryl methyl sites for hydroxylation is 1. The average molecular weight is 621 g/mol. The molecular weight excluding hydrogens is 577 g/mol. The van der Waals surface area contributed by atoms with E-state index in [1.165, 1.54) is 0 Å². The molecule has 1 aromatic heterocycles. The molecule has 5 nitrogen and oxygen atoms in total.